The topological polar surface area (TPSA) is 78.7 Å². The number of amides is 1. The summed E-state index contributed by atoms with van der Waals surface area (Å²) in [6.45, 7) is 0. The van der Waals surface area contributed by atoms with Crippen molar-refractivity contribution in [3.63, 3.8) is 0 Å². The van der Waals surface area contributed by atoms with Crippen molar-refractivity contribution >= 4 is 40.6 Å². The van der Waals surface area contributed by atoms with Gasteiger partial charge in [-0.05, 0) is 29.3 Å². The van der Waals surface area contributed by atoms with Crippen LogP contribution in [-0.2, 0) is 9.63 Å². The molecule has 35 heavy (non-hydrogen) atoms. The van der Waals surface area contributed by atoms with E-state index in [9.17, 15) is 9.18 Å². The van der Waals surface area contributed by atoms with Crippen molar-refractivity contribution in [1.29, 1.82) is 0 Å². The Bertz CT molecular complexity index is 1400. The van der Waals surface area contributed by atoms with Gasteiger partial charge in [-0.1, -0.05) is 84.6 Å². The molecule has 0 spiro atoms. The summed E-state index contributed by atoms with van der Waals surface area (Å²) in [7, 11) is 0. The average molecular weight is 484 g/mol. The summed E-state index contributed by atoms with van der Waals surface area (Å²) in [5.74, 6) is 0.391. The van der Waals surface area contributed by atoms with Crippen molar-refractivity contribution in [2.45, 2.75) is 11.4 Å². The second kappa shape index (κ2) is 8.94. The van der Waals surface area contributed by atoms with E-state index in [4.69, 9.17) is 4.84 Å². The van der Waals surface area contributed by atoms with Gasteiger partial charge in [-0.15, -0.1) is 5.10 Å². The summed E-state index contributed by atoms with van der Waals surface area (Å²) < 4.78 is 13.4. The number of carbonyl (C=O) groups excluding carboxylic acids is 1. The molecule has 0 aliphatic carbocycles. The van der Waals surface area contributed by atoms with Crippen LogP contribution in [0.5, 0.6) is 0 Å². The minimum absolute atomic E-state index is 0.187. The van der Waals surface area contributed by atoms with E-state index in [1.807, 2.05) is 60.7 Å². The van der Waals surface area contributed by atoms with Gasteiger partial charge in [0.1, 0.15) is 28.7 Å². The number of nitrogens with one attached hydrogen (secondary N) is 1. The maximum Gasteiger partial charge on any atom is 0.298 e. The largest absolute Gasteiger partial charge is 0.298 e. The van der Waals surface area contributed by atoms with Gasteiger partial charge in [0.25, 0.3) is 5.91 Å². The number of carbonyl (C=O) groups is 1. The lowest BCUT2D eigenvalue weighted by Gasteiger charge is -2.14. The lowest BCUT2D eigenvalue weighted by molar-refractivity contribution is -0.122. The Morgan fingerprint density at radius 1 is 0.971 bits per heavy atom. The molecule has 3 aromatic carbocycles. The Kier molecular flexibility index (Phi) is 5.48. The quantitative estimate of drug-likeness (QED) is 0.554. The molecule has 0 bridgehead atoms. The van der Waals surface area contributed by atoms with Gasteiger partial charge in [-0.25, -0.2) is 14.4 Å². The molecule has 2 unspecified atom stereocenters. The average Bonchev–Trinajstić information content (AvgIpc) is 3.55. The van der Waals surface area contributed by atoms with E-state index in [2.05, 4.69) is 20.6 Å². The van der Waals surface area contributed by atoms with E-state index in [0.29, 0.717) is 22.5 Å². The van der Waals surface area contributed by atoms with Crippen LogP contribution in [0.15, 0.2) is 106 Å². The van der Waals surface area contributed by atoms with Gasteiger partial charge in [0, 0.05) is 5.56 Å². The number of fused-ring (bicyclic) bond motifs is 1. The SMILES string of the molecule is O=C1/C(=C\c2ccccc2)N=C(c2ccccc2)N1/N=C1/N=C2NOC(c3ccc(F)cc3)C2S1. The fraction of sp³-hybridized carbons (Fsp3) is 0.0769. The molecule has 2 atom stereocenters. The van der Waals surface area contributed by atoms with Crippen LogP contribution in [0.3, 0.4) is 0 Å². The van der Waals surface area contributed by atoms with Crippen molar-refractivity contribution in [2.75, 3.05) is 0 Å². The van der Waals surface area contributed by atoms with E-state index >= 15 is 0 Å². The second-order valence-electron chi connectivity index (χ2n) is 7.97. The number of benzene rings is 3. The number of hydroxylamine groups is 1. The van der Waals surface area contributed by atoms with Crippen molar-refractivity contribution in [3.05, 3.63) is 113 Å². The highest BCUT2D eigenvalue weighted by Gasteiger charge is 2.42. The van der Waals surface area contributed by atoms with Crippen molar-refractivity contribution in [2.24, 2.45) is 15.1 Å². The lowest BCUT2D eigenvalue weighted by atomic mass is 10.1. The van der Waals surface area contributed by atoms with E-state index in [-0.39, 0.29) is 23.1 Å². The standard InChI is InChI=1S/C26H18FN5O2S/c27-19-13-11-17(12-14-19)21-22-23(31-34-21)29-26(35-22)30-32-24(18-9-5-2-6-10-18)28-20(25(32)33)15-16-7-3-1-4-8-16/h1-15,21-22H,(H,29,30,31)/b20-15+. The van der Waals surface area contributed by atoms with Crippen LogP contribution in [-0.4, -0.2) is 33.0 Å². The van der Waals surface area contributed by atoms with Crippen LogP contribution in [0, 0.1) is 5.82 Å². The molecule has 9 heteroatoms. The zero-order valence-electron chi connectivity index (χ0n) is 18.2. The smallest absolute Gasteiger partial charge is 0.265 e. The van der Waals surface area contributed by atoms with Crippen molar-refractivity contribution in [3.8, 4) is 0 Å². The van der Waals surface area contributed by atoms with Gasteiger partial charge in [0.15, 0.2) is 5.84 Å². The normalized spacial score (nSPS) is 23.5. The molecule has 3 heterocycles. The Morgan fingerprint density at radius 2 is 1.69 bits per heavy atom. The second-order valence-corrected chi connectivity index (χ2v) is 9.08. The summed E-state index contributed by atoms with van der Waals surface area (Å²) in [5.41, 5.74) is 5.59. The fourth-order valence-electron chi connectivity index (χ4n) is 3.94. The molecule has 0 radical (unpaired) electrons. The minimum atomic E-state index is -0.364. The van der Waals surface area contributed by atoms with Crippen LogP contribution in [0.25, 0.3) is 6.08 Å². The maximum absolute atomic E-state index is 13.4. The molecule has 0 aromatic heterocycles. The molecule has 172 valence electrons. The first kappa shape index (κ1) is 21.5. The van der Waals surface area contributed by atoms with E-state index in [1.54, 1.807) is 18.2 Å². The molecular formula is C26H18FN5O2S. The van der Waals surface area contributed by atoms with Gasteiger partial charge in [-0.3, -0.25) is 15.1 Å². The van der Waals surface area contributed by atoms with Crippen molar-refractivity contribution < 1.29 is 14.0 Å². The highest BCUT2D eigenvalue weighted by molar-refractivity contribution is 8.15. The number of hydrogen-bond donors (Lipinski definition) is 1. The van der Waals surface area contributed by atoms with Crippen LogP contribution in [0.4, 0.5) is 4.39 Å². The fourth-order valence-corrected chi connectivity index (χ4v) is 5.00. The summed E-state index contributed by atoms with van der Waals surface area (Å²) in [6.07, 6.45) is 1.38. The number of hydrogen-bond acceptors (Lipinski definition) is 6. The van der Waals surface area contributed by atoms with Crippen LogP contribution < -0.4 is 5.48 Å². The Balaban J connectivity index is 1.31. The van der Waals surface area contributed by atoms with Crippen LogP contribution >= 0.6 is 11.8 Å². The van der Waals surface area contributed by atoms with E-state index in [0.717, 1.165) is 16.7 Å². The molecule has 3 aliphatic rings. The van der Waals surface area contributed by atoms with E-state index in [1.165, 1.54) is 28.9 Å². The van der Waals surface area contributed by atoms with Gasteiger partial charge in [0.05, 0.1) is 0 Å². The number of thioether (sulfide) groups is 1. The Hall–Kier alpha value is -4.08. The molecular weight excluding hydrogens is 465 g/mol. The first-order chi connectivity index (χ1) is 17.2. The first-order valence-electron chi connectivity index (χ1n) is 10.9. The molecule has 1 N–H and O–H groups in total. The van der Waals surface area contributed by atoms with E-state index < -0.39 is 0 Å². The van der Waals surface area contributed by atoms with Gasteiger partial charge >= 0.3 is 0 Å². The number of rotatable bonds is 4. The third-order valence-corrected chi connectivity index (χ3v) is 6.75. The summed E-state index contributed by atoms with van der Waals surface area (Å²) in [6, 6.07) is 25.1. The number of halogens is 1. The zero-order chi connectivity index (χ0) is 23.8. The highest BCUT2D eigenvalue weighted by atomic mass is 32.2. The monoisotopic (exact) mass is 483 g/mol. The molecule has 1 amide bonds. The third-order valence-electron chi connectivity index (χ3n) is 5.64. The molecule has 3 aliphatic heterocycles. The zero-order valence-corrected chi connectivity index (χ0v) is 19.0. The number of nitrogens with zero attached hydrogens (tertiary/aromatic N) is 4. The van der Waals surface area contributed by atoms with Crippen LogP contribution in [0.2, 0.25) is 0 Å². The number of amidine groups is 3. The summed E-state index contributed by atoms with van der Waals surface area (Å²) in [4.78, 5) is 28.2. The molecule has 6 rings (SSSR count). The predicted molar refractivity (Wildman–Crippen MR) is 134 cm³/mol. The molecule has 1 fully saturated rings. The third kappa shape index (κ3) is 4.16. The molecule has 0 saturated carbocycles. The minimum Gasteiger partial charge on any atom is -0.265 e. The van der Waals surface area contributed by atoms with Crippen LogP contribution in [0.1, 0.15) is 22.8 Å². The number of hydrazone groups is 1. The highest BCUT2D eigenvalue weighted by Crippen LogP contribution is 2.39. The molecule has 3 aromatic rings. The van der Waals surface area contributed by atoms with Gasteiger partial charge < -0.3 is 0 Å². The van der Waals surface area contributed by atoms with Gasteiger partial charge in [0.2, 0.25) is 5.17 Å². The predicted octanol–water partition coefficient (Wildman–Crippen LogP) is 4.52. The Labute approximate surface area is 204 Å². The maximum atomic E-state index is 13.4. The molecule has 7 nitrogen and oxygen atoms in total. The lowest BCUT2D eigenvalue weighted by Crippen LogP contribution is -2.28. The molecule has 1 saturated heterocycles. The number of aliphatic imine (C=N–C) groups is 2. The van der Waals surface area contributed by atoms with Gasteiger partial charge in [-0.2, -0.15) is 5.01 Å². The first-order valence-corrected chi connectivity index (χ1v) is 11.8. The van der Waals surface area contributed by atoms with Crippen molar-refractivity contribution in [1.82, 2.24) is 10.5 Å². The Morgan fingerprint density at radius 3 is 2.43 bits per heavy atom. The summed E-state index contributed by atoms with van der Waals surface area (Å²) >= 11 is 1.38. The summed E-state index contributed by atoms with van der Waals surface area (Å²) in [5, 5.41) is 6.10.